The van der Waals surface area contributed by atoms with Crippen LogP contribution in [0.5, 0.6) is 0 Å². The Bertz CT molecular complexity index is 939. The topological polar surface area (TPSA) is 64.9 Å². The summed E-state index contributed by atoms with van der Waals surface area (Å²) in [6, 6.07) is 6.66. The summed E-state index contributed by atoms with van der Waals surface area (Å²) in [7, 11) is 0. The second-order valence-electron chi connectivity index (χ2n) is 5.57. The van der Waals surface area contributed by atoms with E-state index >= 15 is 0 Å². The SMILES string of the molecule is N#CC(=CNc1cc(C(F)(F)F)cc(C(F)(F)F)c1)C(=O)Nc1ccc(F)cc1. The van der Waals surface area contributed by atoms with Crippen molar-refractivity contribution in [2.45, 2.75) is 12.4 Å². The number of rotatable bonds is 4. The molecule has 2 aromatic rings. The molecule has 29 heavy (non-hydrogen) atoms. The van der Waals surface area contributed by atoms with Gasteiger partial charge in [0.2, 0.25) is 0 Å². The third-order valence-corrected chi connectivity index (χ3v) is 3.44. The van der Waals surface area contributed by atoms with E-state index in [4.69, 9.17) is 5.26 Å². The lowest BCUT2D eigenvalue weighted by molar-refractivity contribution is -0.143. The van der Waals surface area contributed by atoms with Gasteiger partial charge in [0.15, 0.2) is 0 Å². The molecule has 1 amide bonds. The van der Waals surface area contributed by atoms with Crippen LogP contribution >= 0.6 is 0 Å². The van der Waals surface area contributed by atoms with Crippen LogP contribution in [0.4, 0.5) is 42.1 Å². The number of alkyl halides is 6. The van der Waals surface area contributed by atoms with Gasteiger partial charge in [0, 0.05) is 17.6 Å². The van der Waals surface area contributed by atoms with Gasteiger partial charge in [-0.2, -0.15) is 31.6 Å². The highest BCUT2D eigenvalue weighted by molar-refractivity contribution is 6.06. The first kappa shape index (κ1) is 21.7. The van der Waals surface area contributed by atoms with Gasteiger partial charge in [0.05, 0.1) is 11.1 Å². The van der Waals surface area contributed by atoms with Gasteiger partial charge >= 0.3 is 12.4 Å². The van der Waals surface area contributed by atoms with E-state index in [-0.39, 0.29) is 11.8 Å². The first-order chi connectivity index (χ1) is 13.4. The molecule has 0 aliphatic heterocycles. The Morgan fingerprint density at radius 3 is 1.86 bits per heavy atom. The molecule has 11 heteroatoms. The van der Waals surface area contributed by atoms with Crippen molar-refractivity contribution in [2.75, 3.05) is 10.6 Å². The molecule has 0 bridgehead atoms. The highest BCUT2D eigenvalue weighted by Gasteiger charge is 2.36. The number of anilines is 2. The average Bonchev–Trinajstić information content (AvgIpc) is 2.62. The summed E-state index contributed by atoms with van der Waals surface area (Å²) in [6.45, 7) is 0. The van der Waals surface area contributed by atoms with Gasteiger partial charge in [-0.05, 0) is 42.5 Å². The molecule has 0 saturated heterocycles. The van der Waals surface area contributed by atoms with E-state index in [1.807, 2.05) is 0 Å². The Kier molecular flexibility index (Phi) is 6.16. The predicted octanol–water partition coefficient (Wildman–Crippen LogP) is 5.32. The third kappa shape index (κ3) is 5.97. The summed E-state index contributed by atoms with van der Waals surface area (Å²) in [5.74, 6) is -1.58. The molecule has 2 N–H and O–H groups in total. The van der Waals surface area contributed by atoms with E-state index in [2.05, 4.69) is 10.6 Å². The molecule has 0 fully saturated rings. The quantitative estimate of drug-likeness (QED) is 0.402. The largest absolute Gasteiger partial charge is 0.416 e. The second kappa shape index (κ2) is 8.22. The number of hydrogen-bond acceptors (Lipinski definition) is 3. The molecular formula is C18H10F7N3O. The molecule has 0 radical (unpaired) electrons. The Labute approximate surface area is 159 Å². The van der Waals surface area contributed by atoms with Crippen LogP contribution in [-0.4, -0.2) is 5.91 Å². The molecule has 0 heterocycles. The minimum atomic E-state index is -5.04. The third-order valence-electron chi connectivity index (χ3n) is 3.44. The van der Waals surface area contributed by atoms with Crippen LogP contribution in [0, 0.1) is 17.1 Å². The van der Waals surface area contributed by atoms with E-state index < -0.39 is 46.5 Å². The zero-order valence-corrected chi connectivity index (χ0v) is 14.1. The van der Waals surface area contributed by atoms with E-state index in [0.717, 1.165) is 12.1 Å². The van der Waals surface area contributed by atoms with Gasteiger partial charge in [-0.1, -0.05) is 0 Å². The Morgan fingerprint density at radius 1 is 0.897 bits per heavy atom. The molecular weight excluding hydrogens is 407 g/mol. The summed E-state index contributed by atoms with van der Waals surface area (Å²) in [5.41, 5.74) is -4.26. The number of halogens is 7. The average molecular weight is 417 g/mol. The predicted molar refractivity (Wildman–Crippen MR) is 88.8 cm³/mol. The molecule has 0 aliphatic carbocycles. The number of carbonyl (C=O) groups excluding carboxylic acids is 1. The maximum absolute atomic E-state index is 12.8. The fraction of sp³-hybridized carbons (Fsp3) is 0.111. The van der Waals surface area contributed by atoms with E-state index in [1.165, 1.54) is 18.2 Å². The summed E-state index contributed by atoms with van der Waals surface area (Å²) in [4.78, 5) is 12.0. The lowest BCUT2D eigenvalue weighted by Crippen LogP contribution is -2.15. The molecule has 0 aliphatic rings. The minimum Gasteiger partial charge on any atom is -0.360 e. The van der Waals surface area contributed by atoms with Crippen LogP contribution in [-0.2, 0) is 17.1 Å². The Hall–Kier alpha value is -3.55. The smallest absolute Gasteiger partial charge is 0.360 e. The van der Waals surface area contributed by atoms with Gasteiger partial charge in [0.25, 0.3) is 5.91 Å². The van der Waals surface area contributed by atoms with Crippen LogP contribution in [0.3, 0.4) is 0 Å². The molecule has 0 saturated carbocycles. The lowest BCUT2D eigenvalue weighted by atomic mass is 10.1. The highest BCUT2D eigenvalue weighted by Crippen LogP contribution is 2.37. The second-order valence-corrected chi connectivity index (χ2v) is 5.57. The highest BCUT2D eigenvalue weighted by atomic mass is 19.4. The first-order valence-electron chi connectivity index (χ1n) is 7.63. The monoisotopic (exact) mass is 417 g/mol. The molecule has 2 aromatic carbocycles. The van der Waals surface area contributed by atoms with Crippen molar-refractivity contribution < 1.29 is 35.5 Å². The van der Waals surface area contributed by atoms with E-state index in [9.17, 15) is 35.5 Å². The molecule has 0 aromatic heterocycles. The maximum Gasteiger partial charge on any atom is 0.416 e. The standard InChI is InChI=1S/C18H10F7N3O/c19-13-1-3-14(4-2-13)28-16(29)10(8-26)9-27-15-6-11(17(20,21)22)5-12(7-15)18(23,24)25/h1-7,9,27H,(H,28,29). The van der Waals surface area contributed by atoms with Gasteiger partial charge < -0.3 is 10.6 Å². The van der Waals surface area contributed by atoms with Gasteiger partial charge in [-0.3, -0.25) is 4.79 Å². The maximum atomic E-state index is 12.8. The van der Waals surface area contributed by atoms with Crippen molar-refractivity contribution in [3.05, 3.63) is 71.2 Å². The lowest BCUT2D eigenvalue weighted by Gasteiger charge is -2.14. The number of hydrogen-bond donors (Lipinski definition) is 2. The molecule has 0 unspecified atom stereocenters. The number of nitrogens with zero attached hydrogens (tertiary/aromatic N) is 1. The van der Waals surface area contributed by atoms with Crippen LogP contribution in [0.25, 0.3) is 0 Å². The van der Waals surface area contributed by atoms with E-state index in [1.54, 1.807) is 0 Å². The Balaban J connectivity index is 2.28. The fourth-order valence-corrected chi connectivity index (χ4v) is 2.07. The minimum absolute atomic E-state index is 0.0542. The molecule has 0 spiro atoms. The van der Waals surface area contributed by atoms with Crippen LogP contribution in [0.15, 0.2) is 54.2 Å². The Morgan fingerprint density at radius 2 is 1.41 bits per heavy atom. The normalized spacial score (nSPS) is 12.3. The number of nitriles is 1. The summed E-state index contributed by atoms with van der Waals surface area (Å²) < 4.78 is 89.9. The van der Waals surface area contributed by atoms with Gasteiger partial charge in [0.1, 0.15) is 17.5 Å². The van der Waals surface area contributed by atoms with E-state index in [0.29, 0.717) is 18.3 Å². The van der Waals surface area contributed by atoms with Crippen molar-refractivity contribution in [2.24, 2.45) is 0 Å². The fourth-order valence-electron chi connectivity index (χ4n) is 2.07. The van der Waals surface area contributed by atoms with Crippen LogP contribution in [0.1, 0.15) is 11.1 Å². The number of benzene rings is 2. The van der Waals surface area contributed by atoms with Crippen molar-refractivity contribution in [1.82, 2.24) is 0 Å². The van der Waals surface area contributed by atoms with Crippen LogP contribution < -0.4 is 10.6 Å². The molecule has 4 nitrogen and oxygen atoms in total. The number of carbonyl (C=O) groups is 1. The van der Waals surface area contributed by atoms with Crippen molar-refractivity contribution in [3.8, 4) is 6.07 Å². The van der Waals surface area contributed by atoms with Gasteiger partial charge in [-0.15, -0.1) is 0 Å². The molecule has 0 atom stereocenters. The van der Waals surface area contributed by atoms with Crippen molar-refractivity contribution in [1.29, 1.82) is 5.26 Å². The number of amides is 1. The summed E-state index contributed by atoms with van der Waals surface area (Å²) >= 11 is 0. The number of nitrogens with one attached hydrogen (secondary N) is 2. The zero-order valence-electron chi connectivity index (χ0n) is 14.1. The van der Waals surface area contributed by atoms with Gasteiger partial charge in [-0.25, -0.2) is 4.39 Å². The zero-order chi connectivity index (χ0) is 21.8. The summed E-state index contributed by atoms with van der Waals surface area (Å²) in [5, 5.41) is 13.3. The molecule has 152 valence electrons. The van der Waals surface area contributed by atoms with Crippen molar-refractivity contribution >= 4 is 17.3 Å². The molecule has 2 rings (SSSR count). The van der Waals surface area contributed by atoms with Crippen molar-refractivity contribution in [3.63, 3.8) is 0 Å². The first-order valence-corrected chi connectivity index (χ1v) is 7.63. The van der Waals surface area contributed by atoms with Crippen LogP contribution in [0.2, 0.25) is 0 Å². The summed E-state index contributed by atoms with van der Waals surface area (Å²) in [6.07, 6.45) is -9.42.